The fourth-order valence-electron chi connectivity index (χ4n) is 4.15. The molecule has 2 N–H and O–H groups in total. The molecule has 4 rings (SSSR count). The molecule has 1 saturated heterocycles. The van der Waals surface area contributed by atoms with Crippen LogP contribution >= 0.6 is 0 Å². The number of carbonyl (C=O) groups is 1. The average Bonchev–Trinajstić information content (AvgIpc) is 3.03. The third-order valence-corrected chi connectivity index (χ3v) is 5.33. The molecule has 2 fully saturated rings. The first-order valence-electron chi connectivity index (χ1n) is 8.73. The van der Waals surface area contributed by atoms with Gasteiger partial charge in [-0.25, -0.2) is 9.37 Å². The van der Waals surface area contributed by atoms with E-state index in [9.17, 15) is 9.18 Å². The molecule has 1 aliphatic carbocycles. The summed E-state index contributed by atoms with van der Waals surface area (Å²) in [5, 5.41) is 3.08. The standard InChI is InChI=1S/C18H22FN3O2/c19-12-8-14(16-15(9-12)20-11-21-16)17(23)22-13-4-7-24-18(10-13)5-2-1-3-6-18/h8-9,11,13H,1-7,10H2,(H,20,21)(H,22,23). The molecule has 2 heterocycles. The number of nitrogens with zero attached hydrogens (tertiary/aromatic N) is 1. The van der Waals surface area contributed by atoms with E-state index < -0.39 is 5.82 Å². The highest BCUT2D eigenvalue weighted by Crippen LogP contribution is 2.38. The van der Waals surface area contributed by atoms with Crippen molar-refractivity contribution in [3.63, 3.8) is 0 Å². The summed E-state index contributed by atoms with van der Waals surface area (Å²) in [5.74, 6) is -0.697. The van der Waals surface area contributed by atoms with Crippen LogP contribution in [0, 0.1) is 5.82 Å². The number of carbonyl (C=O) groups excluding carboxylic acids is 1. The second-order valence-electron chi connectivity index (χ2n) is 7.01. The van der Waals surface area contributed by atoms with Crippen LogP contribution in [0.25, 0.3) is 11.0 Å². The fraction of sp³-hybridized carbons (Fsp3) is 0.556. The molecule has 1 saturated carbocycles. The van der Waals surface area contributed by atoms with Gasteiger partial charge in [0, 0.05) is 12.6 Å². The maximum atomic E-state index is 13.8. The smallest absolute Gasteiger partial charge is 0.253 e. The van der Waals surface area contributed by atoms with Gasteiger partial charge in [0.25, 0.3) is 5.91 Å². The predicted octanol–water partition coefficient (Wildman–Crippen LogP) is 3.31. The summed E-state index contributed by atoms with van der Waals surface area (Å²) in [4.78, 5) is 19.7. The number of hydrogen-bond donors (Lipinski definition) is 2. The molecule has 1 spiro atoms. The van der Waals surface area contributed by atoms with Gasteiger partial charge in [0.1, 0.15) is 11.3 Å². The number of H-pyrrole nitrogens is 1. The normalized spacial score (nSPS) is 23.5. The lowest BCUT2D eigenvalue weighted by Crippen LogP contribution is -2.49. The first kappa shape index (κ1) is 15.6. The van der Waals surface area contributed by atoms with Crippen LogP contribution in [0.1, 0.15) is 55.3 Å². The zero-order valence-electron chi connectivity index (χ0n) is 13.6. The molecule has 1 atom stereocenters. The Kier molecular flexibility index (Phi) is 4.00. The maximum Gasteiger partial charge on any atom is 0.253 e. The van der Waals surface area contributed by atoms with Crippen molar-refractivity contribution in [1.82, 2.24) is 15.3 Å². The van der Waals surface area contributed by atoms with Gasteiger partial charge in [0.2, 0.25) is 0 Å². The van der Waals surface area contributed by atoms with Gasteiger partial charge in [-0.3, -0.25) is 4.79 Å². The summed E-state index contributed by atoms with van der Waals surface area (Å²) < 4.78 is 19.8. The van der Waals surface area contributed by atoms with Crippen LogP contribution in [0.4, 0.5) is 4.39 Å². The van der Waals surface area contributed by atoms with Crippen LogP contribution in [0.15, 0.2) is 18.5 Å². The van der Waals surface area contributed by atoms with Gasteiger partial charge < -0.3 is 15.0 Å². The lowest BCUT2D eigenvalue weighted by molar-refractivity contribution is -0.107. The molecular weight excluding hydrogens is 309 g/mol. The molecule has 5 nitrogen and oxygen atoms in total. The second kappa shape index (κ2) is 6.16. The van der Waals surface area contributed by atoms with Gasteiger partial charge >= 0.3 is 0 Å². The Labute approximate surface area is 140 Å². The van der Waals surface area contributed by atoms with Crippen molar-refractivity contribution in [2.45, 2.75) is 56.6 Å². The van der Waals surface area contributed by atoms with Crippen LogP contribution in [-0.4, -0.2) is 34.1 Å². The Balaban J connectivity index is 1.52. The monoisotopic (exact) mass is 331 g/mol. The number of aromatic nitrogens is 2. The van der Waals surface area contributed by atoms with E-state index in [0.29, 0.717) is 17.6 Å². The van der Waals surface area contributed by atoms with E-state index in [4.69, 9.17) is 4.74 Å². The van der Waals surface area contributed by atoms with Crippen molar-refractivity contribution in [2.75, 3.05) is 6.61 Å². The highest BCUT2D eigenvalue weighted by Gasteiger charge is 2.39. The number of nitrogens with one attached hydrogen (secondary N) is 2. The van der Waals surface area contributed by atoms with E-state index in [1.165, 1.54) is 37.7 Å². The van der Waals surface area contributed by atoms with Crippen molar-refractivity contribution >= 4 is 16.9 Å². The Morgan fingerprint density at radius 2 is 2.17 bits per heavy atom. The number of ether oxygens (including phenoxy) is 1. The molecule has 2 aliphatic rings. The summed E-state index contributed by atoms with van der Waals surface area (Å²) in [6.07, 6.45) is 8.92. The van der Waals surface area contributed by atoms with E-state index in [1.807, 2.05) is 0 Å². The quantitative estimate of drug-likeness (QED) is 0.887. The molecule has 1 amide bonds. The molecule has 6 heteroatoms. The summed E-state index contributed by atoms with van der Waals surface area (Å²) >= 11 is 0. The third-order valence-electron chi connectivity index (χ3n) is 5.33. The van der Waals surface area contributed by atoms with Crippen molar-refractivity contribution < 1.29 is 13.9 Å². The third kappa shape index (κ3) is 2.90. The molecule has 0 bridgehead atoms. The molecule has 1 unspecified atom stereocenters. The van der Waals surface area contributed by atoms with E-state index in [2.05, 4.69) is 15.3 Å². The maximum absolute atomic E-state index is 13.8. The Hall–Kier alpha value is -1.95. The highest BCUT2D eigenvalue weighted by molar-refractivity contribution is 6.04. The topological polar surface area (TPSA) is 67.0 Å². The summed E-state index contributed by atoms with van der Waals surface area (Å²) in [5.41, 5.74) is 1.26. The van der Waals surface area contributed by atoms with Gasteiger partial charge in [-0.15, -0.1) is 0 Å². The molecule has 128 valence electrons. The van der Waals surface area contributed by atoms with E-state index in [0.717, 1.165) is 25.7 Å². The zero-order chi connectivity index (χ0) is 16.6. The lowest BCUT2D eigenvalue weighted by atomic mass is 9.78. The fourth-order valence-corrected chi connectivity index (χ4v) is 4.15. The van der Waals surface area contributed by atoms with E-state index in [-0.39, 0.29) is 23.1 Å². The highest BCUT2D eigenvalue weighted by atomic mass is 19.1. The number of aromatic amines is 1. The Morgan fingerprint density at radius 1 is 1.33 bits per heavy atom. The van der Waals surface area contributed by atoms with Crippen LogP contribution in [0.5, 0.6) is 0 Å². The van der Waals surface area contributed by atoms with Crippen LogP contribution in [-0.2, 0) is 4.74 Å². The van der Waals surface area contributed by atoms with Crippen molar-refractivity contribution in [1.29, 1.82) is 0 Å². The number of hydrogen-bond acceptors (Lipinski definition) is 3. The van der Waals surface area contributed by atoms with Crippen LogP contribution in [0.2, 0.25) is 0 Å². The summed E-state index contributed by atoms with van der Waals surface area (Å²) in [6, 6.07) is 2.68. The first-order valence-corrected chi connectivity index (χ1v) is 8.73. The number of amides is 1. The average molecular weight is 331 g/mol. The number of halogens is 1. The van der Waals surface area contributed by atoms with Gasteiger partial charge in [0.05, 0.1) is 23.0 Å². The largest absolute Gasteiger partial charge is 0.375 e. The van der Waals surface area contributed by atoms with Gasteiger partial charge in [-0.05, 0) is 37.8 Å². The molecule has 0 radical (unpaired) electrons. The van der Waals surface area contributed by atoms with Crippen molar-refractivity contribution in [3.05, 3.63) is 29.8 Å². The predicted molar refractivity (Wildman–Crippen MR) is 88.3 cm³/mol. The van der Waals surface area contributed by atoms with E-state index in [1.54, 1.807) is 0 Å². The zero-order valence-corrected chi connectivity index (χ0v) is 13.6. The minimum atomic E-state index is -0.437. The summed E-state index contributed by atoms with van der Waals surface area (Å²) in [7, 11) is 0. The lowest BCUT2D eigenvalue weighted by Gasteiger charge is -2.43. The number of rotatable bonds is 2. The number of benzene rings is 1. The van der Waals surface area contributed by atoms with Gasteiger partial charge in [0.15, 0.2) is 0 Å². The summed E-state index contributed by atoms with van der Waals surface area (Å²) in [6.45, 7) is 0.673. The molecule has 1 aromatic heterocycles. The SMILES string of the molecule is O=C(NC1CCOC2(CCCCC2)C1)c1cc(F)cc2[nH]cnc12. The minimum Gasteiger partial charge on any atom is -0.375 e. The minimum absolute atomic E-state index is 0.0709. The second-order valence-corrected chi connectivity index (χ2v) is 7.01. The first-order chi connectivity index (χ1) is 11.7. The van der Waals surface area contributed by atoms with Crippen molar-refractivity contribution in [2.24, 2.45) is 0 Å². The van der Waals surface area contributed by atoms with Crippen LogP contribution in [0.3, 0.4) is 0 Å². The Bertz CT molecular complexity index is 746. The molecule has 1 aliphatic heterocycles. The number of imidazole rings is 1. The number of fused-ring (bicyclic) bond motifs is 1. The van der Waals surface area contributed by atoms with E-state index >= 15 is 0 Å². The molecule has 24 heavy (non-hydrogen) atoms. The molecule has 1 aromatic carbocycles. The van der Waals surface area contributed by atoms with Gasteiger partial charge in [-0.2, -0.15) is 0 Å². The molecular formula is C18H22FN3O2. The Morgan fingerprint density at radius 3 is 3.00 bits per heavy atom. The van der Waals surface area contributed by atoms with Crippen LogP contribution < -0.4 is 5.32 Å². The van der Waals surface area contributed by atoms with Crippen molar-refractivity contribution in [3.8, 4) is 0 Å². The molecule has 2 aromatic rings. The van der Waals surface area contributed by atoms with Gasteiger partial charge in [-0.1, -0.05) is 19.3 Å².